The molecule has 0 aliphatic carbocycles. The minimum Gasteiger partial charge on any atom is -0.392 e. The van der Waals surface area contributed by atoms with Crippen molar-refractivity contribution in [1.29, 1.82) is 0 Å². The van der Waals surface area contributed by atoms with E-state index in [4.69, 9.17) is 28.9 Å². The maximum atomic E-state index is 11.7. The molecule has 0 heterocycles. The third-order valence-corrected chi connectivity index (χ3v) is 3.54. The van der Waals surface area contributed by atoms with E-state index in [1.165, 1.54) is 18.2 Å². The second-order valence-corrected chi connectivity index (χ2v) is 6.06. The van der Waals surface area contributed by atoms with Crippen LogP contribution in [-0.2, 0) is 10.0 Å². The molecule has 0 fully saturated rings. The SMILES string of the molecule is NC(=S)CNS(=O)(=O)c1cc(Cl)cc(Cl)c1. The van der Waals surface area contributed by atoms with E-state index in [9.17, 15) is 8.42 Å². The molecule has 3 N–H and O–H groups in total. The normalized spacial score (nSPS) is 11.4. The van der Waals surface area contributed by atoms with E-state index in [2.05, 4.69) is 16.9 Å². The zero-order valence-corrected chi connectivity index (χ0v) is 11.1. The molecule has 0 aliphatic rings. The average Bonchev–Trinajstić information content (AvgIpc) is 2.13. The first-order valence-corrected chi connectivity index (χ1v) is 6.70. The number of nitrogens with two attached hydrogens (primary N) is 1. The van der Waals surface area contributed by atoms with Crippen molar-refractivity contribution < 1.29 is 8.42 Å². The molecule has 8 heteroatoms. The number of hydrogen-bond donors (Lipinski definition) is 2. The molecular formula is C8H8Cl2N2O2S2. The summed E-state index contributed by atoms with van der Waals surface area (Å²) in [5.74, 6) is 0. The zero-order valence-electron chi connectivity index (χ0n) is 7.91. The molecule has 0 unspecified atom stereocenters. The second-order valence-electron chi connectivity index (χ2n) is 2.90. The molecule has 0 saturated carbocycles. The highest BCUT2D eigenvalue weighted by molar-refractivity contribution is 7.89. The van der Waals surface area contributed by atoms with Crippen LogP contribution < -0.4 is 10.5 Å². The maximum absolute atomic E-state index is 11.7. The summed E-state index contributed by atoms with van der Waals surface area (Å²) in [7, 11) is -3.69. The molecule has 0 bridgehead atoms. The van der Waals surface area contributed by atoms with Crippen LogP contribution in [-0.4, -0.2) is 20.0 Å². The van der Waals surface area contributed by atoms with Crippen molar-refractivity contribution in [1.82, 2.24) is 4.72 Å². The van der Waals surface area contributed by atoms with Crippen LogP contribution in [0.15, 0.2) is 23.1 Å². The van der Waals surface area contributed by atoms with E-state index in [-0.39, 0.29) is 26.5 Å². The summed E-state index contributed by atoms with van der Waals surface area (Å²) >= 11 is 15.9. The standard InChI is InChI=1S/C8H8Cl2N2O2S2/c9-5-1-6(10)3-7(2-5)16(13,14)12-4-8(11)15/h1-3,12H,4H2,(H2,11,15). The molecule has 0 amide bonds. The van der Waals surface area contributed by atoms with E-state index in [1.54, 1.807) is 0 Å². The molecule has 16 heavy (non-hydrogen) atoms. The van der Waals surface area contributed by atoms with Gasteiger partial charge >= 0.3 is 0 Å². The fourth-order valence-corrected chi connectivity index (χ4v) is 2.83. The third-order valence-electron chi connectivity index (χ3n) is 1.58. The maximum Gasteiger partial charge on any atom is 0.241 e. The van der Waals surface area contributed by atoms with Crippen LogP contribution in [0.4, 0.5) is 0 Å². The summed E-state index contributed by atoms with van der Waals surface area (Å²) in [4.78, 5) is 0.0259. The van der Waals surface area contributed by atoms with Crippen molar-refractivity contribution in [2.75, 3.05) is 6.54 Å². The average molecular weight is 299 g/mol. The van der Waals surface area contributed by atoms with Gasteiger partial charge in [-0.1, -0.05) is 35.4 Å². The van der Waals surface area contributed by atoms with E-state index < -0.39 is 10.0 Å². The first-order chi connectivity index (χ1) is 7.31. The van der Waals surface area contributed by atoms with E-state index in [1.807, 2.05) is 0 Å². The van der Waals surface area contributed by atoms with Gasteiger partial charge in [-0.25, -0.2) is 13.1 Å². The highest BCUT2D eigenvalue weighted by Gasteiger charge is 2.15. The van der Waals surface area contributed by atoms with Gasteiger partial charge in [-0.3, -0.25) is 0 Å². The minimum absolute atomic E-state index is 0.0266. The van der Waals surface area contributed by atoms with Gasteiger partial charge in [0.2, 0.25) is 10.0 Å². The lowest BCUT2D eigenvalue weighted by molar-refractivity contribution is 0.586. The quantitative estimate of drug-likeness (QED) is 0.828. The van der Waals surface area contributed by atoms with Gasteiger partial charge in [-0.15, -0.1) is 0 Å². The summed E-state index contributed by atoms with van der Waals surface area (Å²) in [5, 5.41) is 0.478. The second kappa shape index (κ2) is 5.29. The van der Waals surface area contributed by atoms with Gasteiger partial charge in [0, 0.05) is 10.0 Å². The van der Waals surface area contributed by atoms with Gasteiger partial charge in [0.05, 0.1) is 16.4 Å². The number of nitrogens with one attached hydrogen (secondary N) is 1. The van der Waals surface area contributed by atoms with Gasteiger partial charge < -0.3 is 5.73 Å². The fraction of sp³-hybridized carbons (Fsp3) is 0.125. The Morgan fingerprint density at radius 1 is 1.31 bits per heavy atom. The summed E-state index contributed by atoms with van der Waals surface area (Å²) in [6.07, 6.45) is 0. The van der Waals surface area contributed by atoms with E-state index in [0.29, 0.717) is 0 Å². The number of sulfonamides is 1. The van der Waals surface area contributed by atoms with Gasteiger partial charge in [-0.2, -0.15) is 0 Å². The zero-order chi connectivity index (χ0) is 12.3. The molecule has 1 aromatic rings. The molecule has 0 radical (unpaired) electrons. The summed E-state index contributed by atoms with van der Waals surface area (Å²) < 4.78 is 25.6. The van der Waals surface area contributed by atoms with Crippen LogP contribution in [0.3, 0.4) is 0 Å². The van der Waals surface area contributed by atoms with Crippen molar-refractivity contribution in [3.63, 3.8) is 0 Å². The monoisotopic (exact) mass is 298 g/mol. The Labute approximate surface area is 109 Å². The van der Waals surface area contributed by atoms with Gasteiger partial charge in [0.15, 0.2) is 0 Å². The fourth-order valence-electron chi connectivity index (χ4n) is 0.933. The Kier molecular flexibility index (Phi) is 4.52. The van der Waals surface area contributed by atoms with Crippen LogP contribution in [0.5, 0.6) is 0 Å². The van der Waals surface area contributed by atoms with E-state index in [0.717, 1.165) is 0 Å². The lowest BCUT2D eigenvalue weighted by Crippen LogP contribution is -2.32. The summed E-state index contributed by atoms with van der Waals surface area (Å²) in [6, 6.07) is 4.01. The molecule has 0 saturated heterocycles. The highest BCUT2D eigenvalue weighted by Crippen LogP contribution is 2.21. The Morgan fingerprint density at radius 3 is 2.25 bits per heavy atom. The molecule has 1 aromatic carbocycles. The number of rotatable bonds is 4. The van der Waals surface area contributed by atoms with Crippen LogP contribution >= 0.6 is 35.4 Å². The predicted octanol–water partition coefficient (Wildman–Crippen LogP) is 1.56. The molecule has 0 atom stereocenters. The van der Waals surface area contributed by atoms with Crippen LogP contribution in [0, 0.1) is 0 Å². The first kappa shape index (κ1) is 13.7. The Morgan fingerprint density at radius 2 is 1.81 bits per heavy atom. The Bertz CT molecular complexity index is 497. The van der Waals surface area contributed by atoms with Crippen molar-refractivity contribution in [3.8, 4) is 0 Å². The van der Waals surface area contributed by atoms with Gasteiger partial charge in [0.25, 0.3) is 0 Å². The third kappa shape index (κ3) is 3.88. The molecule has 1 rings (SSSR count). The molecule has 4 nitrogen and oxygen atoms in total. The van der Waals surface area contributed by atoms with Crippen molar-refractivity contribution in [3.05, 3.63) is 28.2 Å². The van der Waals surface area contributed by atoms with Crippen molar-refractivity contribution >= 4 is 50.4 Å². The molecule has 88 valence electrons. The van der Waals surface area contributed by atoms with Crippen LogP contribution in [0.1, 0.15) is 0 Å². The summed E-state index contributed by atoms with van der Waals surface area (Å²) in [5.41, 5.74) is 5.19. The number of thiocarbonyl (C=S) groups is 1. The summed E-state index contributed by atoms with van der Waals surface area (Å²) in [6.45, 7) is -0.109. The number of halogens is 2. The molecule has 0 aliphatic heterocycles. The van der Waals surface area contributed by atoms with Gasteiger partial charge in [0.1, 0.15) is 0 Å². The van der Waals surface area contributed by atoms with Crippen molar-refractivity contribution in [2.24, 2.45) is 5.73 Å². The van der Waals surface area contributed by atoms with Crippen molar-refractivity contribution in [2.45, 2.75) is 4.90 Å². The van der Waals surface area contributed by atoms with Crippen LogP contribution in [0.25, 0.3) is 0 Å². The smallest absolute Gasteiger partial charge is 0.241 e. The Balaban J connectivity index is 3.02. The first-order valence-electron chi connectivity index (χ1n) is 4.05. The van der Waals surface area contributed by atoms with E-state index >= 15 is 0 Å². The molecule has 0 spiro atoms. The predicted molar refractivity (Wildman–Crippen MR) is 68.4 cm³/mol. The molecule has 0 aromatic heterocycles. The lowest BCUT2D eigenvalue weighted by atomic mass is 10.4. The minimum atomic E-state index is -3.69. The lowest BCUT2D eigenvalue weighted by Gasteiger charge is -2.06. The number of hydrogen-bond acceptors (Lipinski definition) is 3. The Hall–Kier alpha value is -0.400. The molecular weight excluding hydrogens is 291 g/mol. The van der Waals surface area contributed by atoms with Gasteiger partial charge in [-0.05, 0) is 18.2 Å². The highest BCUT2D eigenvalue weighted by atomic mass is 35.5. The van der Waals surface area contributed by atoms with Crippen LogP contribution in [0.2, 0.25) is 10.0 Å². The largest absolute Gasteiger partial charge is 0.392 e. The number of benzene rings is 1. The topological polar surface area (TPSA) is 72.2 Å².